The number of piperidine rings is 1. The van der Waals surface area contributed by atoms with Crippen LogP contribution in [0.4, 0.5) is 0 Å². The molecule has 0 unspecified atom stereocenters. The fraction of sp³-hybridized carbons (Fsp3) is 0.500. The van der Waals surface area contributed by atoms with E-state index < -0.39 is 0 Å². The molecule has 1 aliphatic heterocycles. The molecule has 0 radical (unpaired) electrons. The van der Waals surface area contributed by atoms with Gasteiger partial charge in [-0.2, -0.15) is 0 Å². The van der Waals surface area contributed by atoms with Gasteiger partial charge in [-0.05, 0) is 31.4 Å². The molecular weight excluding hydrogens is 198 g/mol. The van der Waals surface area contributed by atoms with E-state index in [1.807, 2.05) is 18.2 Å². The summed E-state index contributed by atoms with van der Waals surface area (Å²) in [6, 6.07) is 10.4. The van der Waals surface area contributed by atoms with Gasteiger partial charge in [0.25, 0.3) is 0 Å². The maximum absolute atomic E-state index is 11.9. The lowest BCUT2D eigenvalue weighted by Crippen LogP contribution is -2.40. The predicted molar refractivity (Wildman–Crippen MR) is 65.4 cm³/mol. The largest absolute Gasteiger partial charge is 0.307 e. The quantitative estimate of drug-likeness (QED) is 0.838. The first-order valence-corrected chi connectivity index (χ1v) is 6.16. The molecule has 2 heteroatoms. The Kier molecular flexibility index (Phi) is 4.11. The molecule has 0 bridgehead atoms. The number of hydrogen-bond donors (Lipinski definition) is 1. The third-order valence-electron chi connectivity index (χ3n) is 3.20. The zero-order valence-corrected chi connectivity index (χ0v) is 9.61. The number of carbonyl (C=O) groups is 1. The Bertz CT molecular complexity index is 328. The monoisotopic (exact) mass is 217 g/mol. The minimum absolute atomic E-state index is 0.123. The SMILES string of the molecule is O=C(CCc1ccccc1)[C@H]1CCCCN1. The van der Waals surface area contributed by atoms with Gasteiger partial charge in [0.05, 0.1) is 6.04 Å². The first-order valence-electron chi connectivity index (χ1n) is 6.16. The van der Waals surface area contributed by atoms with Crippen LogP contribution in [-0.4, -0.2) is 18.4 Å². The van der Waals surface area contributed by atoms with Crippen LogP contribution < -0.4 is 5.32 Å². The van der Waals surface area contributed by atoms with Gasteiger partial charge in [-0.25, -0.2) is 0 Å². The van der Waals surface area contributed by atoms with Crippen molar-refractivity contribution in [3.63, 3.8) is 0 Å². The highest BCUT2D eigenvalue weighted by molar-refractivity contribution is 5.84. The van der Waals surface area contributed by atoms with Crippen LogP contribution in [0.5, 0.6) is 0 Å². The van der Waals surface area contributed by atoms with Crippen LogP contribution in [0.15, 0.2) is 30.3 Å². The molecule has 0 aliphatic carbocycles. The summed E-state index contributed by atoms with van der Waals surface area (Å²) in [5.41, 5.74) is 1.26. The second-order valence-corrected chi connectivity index (χ2v) is 4.45. The molecule has 0 spiro atoms. The summed E-state index contributed by atoms with van der Waals surface area (Å²) >= 11 is 0. The van der Waals surface area contributed by atoms with Crippen molar-refractivity contribution >= 4 is 5.78 Å². The zero-order chi connectivity index (χ0) is 11.2. The number of nitrogens with one attached hydrogen (secondary N) is 1. The molecule has 0 amide bonds. The fourth-order valence-corrected chi connectivity index (χ4v) is 2.21. The predicted octanol–water partition coefficient (Wildman–Crippen LogP) is 2.33. The summed E-state index contributed by atoms with van der Waals surface area (Å²) in [7, 11) is 0. The Hall–Kier alpha value is -1.15. The summed E-state index contributed by atoms with van der Waals surface area (Å²) in [4.78, 5) is 11.9. The Morgan fingerprint density at radius 3 is 2.75 bits per heavy atom. The summed E-state index contributed by atoms with van der Waals surface area (Å²) in [6.45, 7) is 1.00. The van der Waals surface area contributed by atoms with E-state index in [-0.39, 0.29) is 6.04 Å². The molecule has 2 nitrogen and oxygen atoms in total. The average molecular weight is 217 g/mol. The summed E-state index contributed by atoms with van der Waals surface area (Å²) in [6.07, 6.45) is 4.96. The van der Waals surface area contributed by atoms with E-state index in [4.69, 9.17) is 0 Å². The minimum Gasteiger partial charge on any atom is -0.307 e. The highest BCUT2D eigenvalue weighted by atomic mass is 16.1. The first-order chi connectivity index (χ1) is 7.86. The zero-order valence-electron chi connectivity index (χ0n) is 9.61. The minimum atomic E-state index is 0.123. The van der Waals surface area contributed by atoms with Crippen LogP contribution in [0.3, 0.4) is 0 Å². The lowest BCUT2D eigenvalue weighted by atomic mass is 9.97. The van der Waals surface area contributed by atoms with E-state index in [0.717, 1.165) is 19.4 Å². The van der Waals surface area contributed by atoms with Crippen LogP contribution in [0.1, 0.15) is 31.2 Å². The Morgan fingerprint density at radius 1 is 1.25 bits per heavy atom. The molecule has 1 atom stereocenters. The van der Waals surface area contributed by atoms with E-state index in [0.29, 0.717) is 12.2 Å². The van der Waals surface area contributed by atoms with Gasteiger partial charge in [-0.1, -0.05) is 36.8 Å². The van der Waals surface area contributed by atoms with Crippen LogP contribution in [-0.2, 0) is 11.2 Å². The third kappa shape index (κ3) is 3.17. The first kappa shape index (κ1) is 11.3. The Labute approximate surface area is 97.1 Å². The van der Waals surface area contributed by atoms with Crippen molar-refractivity contribution in [2.24, 2.45) is 0 Å². The number of aryl methyl sites for hydroxylation is 1. The van der Waals surface area contributed by atoms with Gasteiger partial charge in [0, 0.05) is 6.42 Å². The van der Waals surface area contributed by atoms with Crippen LogP contribution in [0, 0.1) is 0 Å². The number of rotatable bonds is 4. The second-order valence-electron chi connectivity index (χ2n) is 4.45. The molecule has 1 N–H and O–H groups in total. The van der Waals surface area contributed by atoms with Crippen molar-refractivity contribution < 1.29 is 4.79 Å². The average Bonchev–Trinajstić information content (AvgIpc) is 2.38. The Balaban J connectivity index is 1.79. The number of hydrogen-bond acceptors (Lipinski definition) is 2. The van der Waals surface area contributed by atoms with Gasteiger partial charge < -0.3 is 5.32 Å². The highest BCUT2D eigenvalue weighted by Gasteiger charge is 2.19. The molecule has 1 heterocycles. The topological polar surface area (TPSA) is 29.1 Å². The summed E-state index contributed by atoms with van der Waals surface area (Å²) < 4.78 is 0. The van der Waals surface area contributed by atoms with Gasteiger partial charge in [-0.3, -0.25) is 4.79 Å². The van der Waals surface area contributed by atoms with E-state index in [2.05, 4.69) is 17.4 Å². The maximum Gasteiger partial charge on any atom is 0.150 e. The number of Topliss-reactive ketones (excluding diaryl/α,β-unsaturated/α-hetero) is 1. The molecule has 2 rings (SSSR count). The molecule has 1 aromatic rings. The lowest BCUT2D eigenvalue weighted by Gasteiger charge is -2.22. The van der Waals surface area contributed by atoms with Gasteiger partial charge in [-0.15, -0.1) is 0 Å². The van der Waals surface area contributed by atoms with E-state index in [1.54, 1.807) is 0 Å². The Morgan fingerprint density at radius 2 is 2.06 bits per heavy atom. The van der Waals surface area contributed by atoms with Crippen molar-refractivity contribution in [2.45, 2.75) is 38.1 Å². The van der Waals surface area contributed by atoms with Crippen LogP contribution in [0.25, 0.3) is 0 Å². The second kappa shape index (κ2) is 5.80. The smallest absolute Gasteiger partial charge is 0.150 e. The molecule has 1 aliphatic rings. The summed E-state index contributed by atoms with van der Waals surface area (Å²) in [5, 5.41) is 3.31. The molecular formula is C14H19NO. The van der Waals surface area contributed by atoms with Gasteiger partial charge in [0.1, 0.15) is 5.78 Å². The summed E-state index contributed by atoms with van der Waals surface area (Å²) in [5.74, 6) is 0.378. The highest BCUT2D eigenvalue weighted by Crippen LogP contribution is 2.11. The van der Waals surface area contributed by atoms with Gasteiger partial charge >= 0.3 is 0 Å². The lowest BCUT2D eigenvalue weighted by molar-refractivity contribution is -0.121. The van der Waals surface area contributed by atoms with Gasteiger partial charge in [0.2, 0.25) is 0 Å². The van der Waals surface area contributed by atoms with Crippen molar-refractivity contribution in [1.82, 2.24) is 5.32 Å². The number of ketones is 1. The molecule has 1 aromatic carbocycles. The molecule has 86 valence electrons. The van der Waals surface area contributed by atoms with Crippen LogP contribution >= 0.6 is 0 Å². The van der Waals surface area contributed by atoms with E-state index >= 15 is 0 Å². The molecule has 0 saturated carbocycles. The standard InChI is InChI=1S/C14H19NO/c16-14(13-8-4-5-11-15-13)10-9-12-6-2-1-3-7-12/h1-3,6-7,13,15H,4-5,8-11H2/t13-/m1/s1. The maximum atomic E-state index is 11.9. The van der Waals surface area contributed by atoms with Crippen molar-refractivity contribution in [3.05, 3.63) is 35.9 Å². The number of benzene rings is 1. The fourth-order valence-electron chi connectivity index (χ4n) is 2.21. The third-order valence-corrected chi connectivity index (χ3v) is 3.20. The molecule has 1 saturated heterocycles. The van der Waals surface area contributed by atoms with Gasteiger partial charge in [0.15, 0.2) is 0 Å². The van der Waals surface area contributed by atoms with Crippen molar-refractivity contribution in [1.29, 1.82) is 0 Å². The number of carbonyl (C=O) groups excluding carboxylic acids is 1. The normalized spacial score (nSPS) is 20.6. The van der Waals surface area contributed by atoms with E-state index in [1.165, 1.54) is 18.4 Å². The molecule has 16 heavy (non-hydrogen) atoms. The molecule has 0 aromatic heterocycles. The van der Waals surface area contributed by atoms with E-state index in [9.17, 15) is 4.79 Å². The molecule has 1 fully saturated rings. The van der Waals surface area contributed by atoms with Crippen molar-refractivity contribution in [3.8, 4) is 0 Å². The van der Waals surface area contributed by atoms with Crippen molar-refractivity contribution in [2.75, 3.05) is 6.54 Å². The van der Waals surface area contributed by atoms with Crippen LogP contribution in [0.2, 0.25) is 0 Å².